The van der Waals surface area contributed by atoms with Crippen molar-refractivity contribution in [2.24, 2.45) is 5.92 Å². The predicted octanol–water partition coefficient (Wildman–Crippen LogP) is 3.92. The lowest BCUT2D eigenvalue weighted by molar-refractivity contribution is -0.141. The van der Waals surface area contributed by atoms with E-state index in [0.717, 1.165) is 6.20 Å². The van der Waals surface area contributed by atoms with Crippen molar-refractivity contribution in [3.63, 3.8) is 0 Å². The molecule has 4 aliphatic carbocycles. The molecule has 1 aromatic heterocycles. The van der Waals surface area contributed by atoms with E-state index in [1.807, 2.05) is 0 Å². The van der Waals surface area contributed by atoms with Crippen LogP contribution in [0, 0.1) is 5.92 Å². The van der Waals surface area contributed by atoms with Crippen molar-refractivity contribution in [1.82, 2.24) is 14.9 Å². The molecule has 1 amide bonds. The fraction of sp³-hybridized carbons (Fsp3) is 0.762. The summed E-state index contributed by atoms with van der Waals surface area (Å²) in [5.41, 5.74) is -6.11. The van der Waals surface area contributed by atoms with Crippen LogP contribution >= 0.6 is 0 Å². The third-order valence-corrected chi connectivity index (χ3v) is 7.29. The number of aromatic nitrogens is 2. The third kappa shape index (κ3) is 3.92. The van der Waals surface area contributed by atoms with E-state index < -0.39 is 40.2 Å². The van der Waals surface area contributed by atoms with Crippen molar-refractivity contribution in [3.8, 4) is 0 Å². The monoisotopic (exact) mass is 460 g/mol. The second-order valence-corrected chi connectivity index (χ2v) is 9.90. The van der Waals surface area contributed by atoms with E-state index in [9.17, 15) is 18.0 Å². The maximum Gasteiger partial charge on any atom is 0.434 e. The molecule has 0 aromatic carbocycles. The average molecular weight is 460 g/mol. The van der Waals surface area contributed by atoms with Gasteiger partial charge in [-0.25, -0.2) is 18.7 Å². The van der Waals surface area contributed by atoms with Gasteiger partial charge in [0.15, 0.2) is 5.69 Å². The first-order valence-electron chi connectivity index (χ1n) is 11.0. The average Bonchev–Trinajstić information content (AvgIpc) is 2.85. The van der Waals surface area contributed by atoms with Crippen LogP contribution in [0.2, 0.25) is 0 Å². The molecule has 4 unspecified atom stereocenters. The van der Waals surface area contributed by atoms with Gasteiger partial charge in [-0.1, -0.05) is 0 Å². The highest BCUT2D eigenvalue weighted by molar-refractivity contribution is 5.95. The van der Waals surface area contributed by atoms with Gasteiger partial charge in [-0.05, 0) is 38.0 Å². The number of rotatable bonds is 3. The Labute approximate surface area is 181 Å². The molecule has 32 heavy (non-hydrogen) atoms. The van der Waals surface area contributed by atoms with Crippen LogP contribution in [0.1, 0.15) is 61.0 Å². The number of amides is 1. The van der Waals surface area contributed by atoms with Gasteiger partial charge in [-0.2, -0.15) is 13.2 Å². The minimum atomic E-state index is -4.88. The number of carbonyl (C=O) groups excluding carboxylic acids is 1. The summed E-state index contributed by atoms with van der Waals surface area (Å²) in [6, 6.07) is 0. The normalized spacial score (nSPS) is 36.8. The van der Waals surface area contributed by atoms with Crippen LogP contribution < -0.4 is 5.32 Å². The molecule has 1 aliphatic heterocycles. The molecule has 2 heterocycles. The van der Waals surface area contributed by atoms with E-state index >= 15 is 8.78 Å². The Balaban J connectivity index is 1.45. The molecule has 4 atom stereocenters. The van der Waals surface area contributed by atoms with Gasteiger partial charge in [0.1, 0.15) is 11.3 Å². The molecule has 5 fully saturated rings. The standard InChI is InChI=1S/C21H25F5N4O2/c22-18-1-2-20(9-13(7-18)8-19(23,11-18)12-20)29-17-27-10-14(15(28-17)21(24,25)26)16(31)30-3-5-32-6-4-30/h10,13H,1-9,11-12H2,(H,27,28,29). The second-order valence-electron chi connectivity index (χ2n) is 9.90. The Morgan fingerprint density at radius 1 is 1.09 bits per heavy atom. The number of nitrogens with zero attached hydrogens (tertiary/aromatic N) is 3. The van der Waals surface area contributed by atoms with E-state index in [1.54, 1.807) is 0 Å². The van der Waals surface area contributed by atoms with E-state index in [4.69, 9.17) is 4.74 Å². The predicted molar refractivity (Wildman–Crippen MR) is 104 cm³/mol. The first kappa shape index (κ1) is 21.8. The minimum absolute atomic E-state index is 0.0152. The van der Waals surface area contributed by atoms with Crippen LogP contribution in [0.5, 0.6) is 0 Å². The first-order valence-corrected chi connectivity index (χ1v) is 11.0. The van der Waals surface area contributed by atoms with Gasteiger partial charge in [0.25, 0.3) is 5.91 Å². The van der Waals surface area contributed by atoms with Crippen LogP contribution in [0.25, 0.3) is 0 Å². The SMILES string of the molecule is O=C(c1cnc(NC23CCC4(F)CC(CC(F)(C4)C2)C3)nc1C(F)(F)F)N1CCOCC1. The molecule has 176 valence electrons. The number of alkyl halides is 5. The van der Waals surface area contributed by atoms with Crippen LogP contribution in [0.4, 0.5) is 27.9 Å². The highest BCUT2D eigenvalue weighted by atomic mass is 19.4. The number of ether oxygens (including phenoxy) is 1. The molecular formula is C21H25F5N4O2. The molecule has 1 N–H and O–H groups in total. The Morgan fingerprint density at radius 2 is 1.81 bits per heavy atom. The summed E-state index contributed by atoms with van der Waals surface area (Å²) in [7, 11) is 0. The maximum atomic E-state index is 15.4. The topological polar surface area (TPSA) is 67.4 Å². The lowest BCUT2D eigenvalue weighted by Crippen LogP contribution is -2.53. The van der Waals surface area contributed by atoms with Crippen molar-refractivity contribution in [3.05, 3.63) is 17.5 Å². The number of hydrogen-bond acceptors (Lipinski definition) is 5. The van der Waals surface area contributed by atoms with Crippen molar-refractivity contribution < 1.29 is 31.5 Å². The number of morpholine rings is 1. The first-order chi connectivity index (χ1) is 15.0. The molecule has 6 nitrogen and oxygen atoms in total. The van der Waals surface area contributed by atoms with E-state index in [-0.39, 0.29) is 70.3 Å². The quantitative estimate of drug-likeness (QED) is 0.693. The van der Waals surface area contributed by atoms with E-state index in [1.165, 1.54) is 4.90 Å². The van der Waals surface area contributed by atoms with Gasteiger partial charge < -0.3 is 15.0 Å². The fourth-order valence-corrected chi connectivity index (χ4v) is 6.32. The highest BCUT2D eigenvalue weighted by Crippen LogP contribution is 2.59. The van der Waals surface area contributed by atoms with E-state index in [2.05, 4.69) is 15.3 Å². The number of halogens is 5. The number of carbonyl (C=O) groups is 1. The molecule has 6 rings (SSSR count). The van der Waals surface area contributed by atoms with Crippen molar-refractivity contribution in [2.75, 3.05) is 31.6 Å². The second kappa shape index (κ2) is 7.23. The van der Waals surface area contributed by atoms with Gasteiger partial charge in [0, 0.05) is 37.7 Å². The summed E-state index contributed by atoms with van der Waals surface area (Å²) in [6.45, 7) is 0.866. The number of hydrogen-bond donors (Lipinski definition) is 1. The summed E-state index contributed by atoms with van der Waals surface area (Å²) in [5.74, 6) is -1.29. The Bertz CT molecular complexity index is 924. The molecule has 0 radical (unpaired) electrons. The lowest BCUT2D eigenvalue weighted by atomic mass is 9.62. The molecule has 1 aromatic rings. The summed E-state index contributed by atoms with van der Waals surface area (Å²) in [4.78, 5) is 21.6. The van der Waals surface area contributed by atoms with Crippen molar-refractivity contribution in [1.29, 1.82) is 0 Å². The van der Waals surface area contributed by atoms with Crippen molar-refractivity contribution >= 4 is 11.9 Å². The summed E-state index contributed by atoms with van der Waals surface area (Å²) in [6.07, 6.45) is -2.67. The number of nitrogens with one attached hydrogen (secondary N) is 1. The smallest absolute Gasteiger partial charge is 0.378 e. The largest absolute Gasteiger partial charge is 0.434 e. The van der Waals surface area contributed by atoms with Crippen LogP contribution in [0.15, 0.2) is 6.20 Å². The van der Waals surface area contributed by atoms with Crippen LogP contribution in [0.3, 0.4) is 0 Å². The molecular weight excluding hydrogens is 435 g/mol. The fourth-order valence-electron chi connectivity index (χ4n) is 6.32. The Kier molecular flexibility index (Phi) is 4.92. The zero-order valence-electron chi connectivity index (χ0n) is 17.5. The van der Waals surface area contributed by atoms with Gasteiger partial charge in [-0.3, -0.25) is 4.79 Å². The summed E-state index contributed by atoms with van der Waals surface area (Å²) >= 11 is 0. The zero-order chi connectivity index (χ0) is 22.8. The molecule has 5 aliphatic rings. The number of fused-ring (bicyclic) bond motifs is 1. The lowest BCUT2D eigenvalue weighted by Gasteiger charge is -2.49. The maximum absolute atomic E-state index is 15.4. The highest BCUT2D eigenvalue weighted by Gasteiger charge is 2.61. The van der Waals surface area contributed by atoms with Crippen molar-refractivity contribution in [2.45, 2.75) is 68.0 Å². The Hall–Kier alpha value is -2.04. The summed E-state index contributed by atoms with van der Waals surface area (Å²) < 4.78 is 77.1. The molecule has 1 saturated heterocycles. The van der Waals surface area contributed by atoms with Crippen LogP contribution in [-0.2, 0) is 10.9 Å². The molecule has 11 heteroatoms. The number of anilines is 1. The van der Waals surface area contributed by atoms with Crippen LogP contribution in [-0.4, -0.2) is 64.0 Å². The Morgan fingerprint density at radius 3 is 2.50 bits per heavy atom. The zero-order valence-corrected chi connectivity index (χ0v) is 17.5. The van der Waals surface area contributed by atoms with Gasteiger partial charge in [-0.15, -0.1) is 0 Å². The van der Waals surface area contributed by atoms with Gasteiger partial charge >= 0.3 is 6.18 Å². The van der Waals surface area contributed by atoms with Gasteiger partial charge in [0.2, 0.25) is 5.95 Å². The molecule has 4 saturated carbocycles. The minimum Gasteiger partial charge on any atom is -0.378 e. The molecule has 0 spiro atoms. The molecule has 4 bridgehead atoms. The van der Waals surface area contributed by atoms with Gasteiger partial charge in [0.05, 0.1) is 18.8 Å². The van der Waals surface area contributed by atoms with E-state index in [0.29, 0.717) is 12.8 Å². The summed E-state index contributed by atoms with van der Waals surface area (Å²) in [5, 5.41) is 2.95. The third-order valence-electron chi connectivity index (χ3n) is 7.29.